The predicted octanol–water partition coefficient (Wildman–Crippen LogP) is 2.91. The highest BCUT2D eigenvalue weighted by Crippen LogP contribution is 2.21. The lowest BCUT2D eigenvalue weighted by Crippen LogP contribution is -2.24. The molecule has 1 aliphatic rings. The van der Waals surface area contributed by atoms with Crippen LogP contribution in [0.3, 0.4) is 0 Å². The van der Waals surface area contributed by atoms with E-state index < -0.39 is 5.97 Å². The zero-order valence-corrected chi connectivity index (χ0v) is 10.7. The van der Waals surface area contributed by atoms with E-state index in [9.17, 15) is 4.79 Å². The van der Waals surface area contributed by atoms with Crippen LogP contribution in [0, 0.1) is 0 Å². The average Bonchev–Trinajstić information content (AvgIpc) is 2.82. The van der Waals surface area contributed by atoms with Crippen molar-refractivity contribution in [3.63, 3.8) is 0 Å². The quantitative estimate of drug-likeness (QED) is 0.922. The van der Waals surface area contributed by atoms with Crippen LogP contribution >= 0.6 is 0 Å². The van der Waals surface area contributed by atoms with E-state index in [1.54, 1.807) is 12.1 Å². The Labute approximate surface area is 111 Å². The minimum absolute atomic E-state index is 0.281. The standard InChI is InChI=1S/C15H17NO3/c17-15(18)12-4-5-14-11(9-12)6-7-16(14)10-13-3-1-2-8-19-13/h4-7,9,13H,1-3,8,10H2,(H,17,18). The minimum atomic E-state index is -0.884. The summed E-state index contributed by atoms with van der Waals surface area (Å²) < 4.78 is 7.90. The fourth-order valence-corrected chi connectivity index (χ4v) is 2.66. The number of fused-ring (bicyclic) bond motifs is 1. The Morgan fingerprint density at radius 1 is 1.37 bits per heavy atom. The summed E-state index contributed by atoms with van der Waals surface area (Å²) in [6, 6.07) is 7.21. The molecule has 4 nitrogen and oxygen atoms in total. The van der Waals surface area contributed by atoms with Crippen molar-refractivity contribution in [2.45, 2.75) is 31.9 Å². The number of carbonyl (C=O) groups is 1. The second-order valence-electron chi connectivity index (χ2n) is 5.04. The van der Waals surface area contributed by atoms with Gasteiger partial charge in [-0.25, -0.2) is 4.79 Å². The largest absolute Gasteiger partial charge is 0.478 e. The van der Waals surface area contributed by atoms with Gasteiger partial charge in [0, 0.05) is 30.3 Å². The summed E-state index contributed by atoms with van der Waals surface area (Å²) in [4.78, 5) is 10.9. The van der Waals surface area contributed by atoms with Crippen molar-refractivity contribution < 1.29 is 14.6 Å². The summed E-state index contributed by atoms with van der Waals surface area (Å²) in [5, 5.41) is 9.95. The molecule has 1 aromatic heterocycles. The van der Waals surface area contributed by atoms with Crippen LogP contribution in [0.5, 0.6) is 0 Å². The molecular formula is C15H17NO3. The normalized spacial score (nSPS) is 19.7. The molecule has 1 unspecified atom stereocenters. The van der Waals surface area contributed by atoms with E-state index in [-0.39, 0.29) is 6.10 Å². The van der Waals surface area contributed by atoms with Crippen molar-refractivity contribution in [2.75, 3.05) is 6.61 Å². The fraction of sp³-hybridized carbons (Fsp3) is 0.400. The molecule has 1 N–H and O–H groups in total. The number of rotatable bonds is 3. The molecular weight excluding hydrogens is 242 g/mol. The molecule has 1 saturated heterocycles. The van der Waals surface area contributed by atoms with Crippen LogP contribution in [0.2, 0.25) is 0 Å². The van der Waals surface area contributed by atoms with E-state index in [0.717, 1.165) is 36.9 Å². The van der Waals surface area contributed by atoms with Gasteiger partial charge < -0.3 is 14.4 Å². The monoisotopic (exact) mass is 259 g/mol. The van der Waals surface area contributed by atoms with Gasteiger partial charge in [0.2, 0.25) is 0 Å². The molecule has 0 spiro atoms. The summed E-state index contributed by atoms with van der Waals surface area (Å²) in [7, 11) is 0. The Morgan fingerprint density at radius 2 is 2.26 bits per heavy atom. The average molecular weight is 259 g/mol. The molecule has 0 radical (unpaired) electrons. The van der Waals surface area contributed by atoms with Gasteiger partial charge in [0.1, 0.15) is 0 Å². The number of carboxylic acid groups (broad SMARTS) is 1. The maximum atomic E-state index is 10.9. The minimum Gasteiger partial charge on any atom is -0.478 e. The summed E-state index contributed by atoms with van der Waals surface area (Å²) in [6.45, 7) is 1.70. The van der Waals surface area contributed by atoms with Gasteiger partial charge in [0.15, 0.2) is 0 Å². The molecule has 0 saturated carbocycles. The second kappa shape index (κ2) is 5.05. The Morgan fingerprint density at radius 3 is 3.00 bits per heavy atom. The fourth-order valence-electron chi connectivity index (χ4n) is 2.66. The first-order chi connectivity index (χ1) is 9.24. The third-order valence-electron chi connectivity index (χ3n) is 3.69. The molecule has 1 aromatic carbocycles. The van der Waals surface area contributed by atoms with E-state index in [4.69, 9.17) is 9.84 Å². The number of carboxylic acids is 1. The lowest BCUT2D eigenvalue weighted by atomic mass is 10.1. The lowest BCUT2D eigenvalue weighted by Gasteiger charge is -2.23. The number of benzene rings is 1. The van der Waals surface area contributed by atoms with Crippen molar-refractivity contribution in [1.82, 2.24) is 4.57 Å². The molecule has 0 aliphatic carbocycles. The first kappa shape index (κ1) is 12.2. The molecule has 1 atom stereocenters. The Kier molecular flexibility index (Phi) is 3.25. The second-order valence-corrected chi connectivity index (χ2v) is 5.04. The van der Waals surface area contributed by atoms with Crippen LogP contribution in [0.1, 0.15) is 29.6 Å². The molecule has 3 rings (SSSR count). The highest BCUT2D eigenvalue weighted by atomic mass is 16.5. The van der Waals surface area contributed by atoms with Gasteiger partial charge in [-0.05, 0) is 43.5 Å². The SMILES string of the molecule is O=C(O)c1ccc2c(ccn2CC2CCCCO2)c1. The van der Waals surface area contributed by atoms with E-state index in [0.29, 0.717) is 5.56 Å². The summed E-state index contributed by atoms with van der Waals surface area (Å²) in [5.74, 6) is -0.884. The lowest BCUT2D eigenvalue weighted by molar-refractivity contribution is 0.00669. The van der Waals surface area contributed by atoms with Crippen molar-refractivity contribution in [1.29, 1.82) is 0 Å². The number of hydrogen-bond acceptors (Lipinski definition) is 2. The van der Waals surface area contributed by atoms with Gasteiger partial charge >= 0.3 is 5.97 Å². The maximum Gasteiger partial charge on any atom is 0.335 e. The van der Waals surface area contributed by atoms with Gasteiger partial charge in [0.25, 0.3) is 0 Å². The predicted molar refractivity (Wildman–Crippen MR) is 72.5 cm³/mol. The number of nitrogens with zero attached hydrogens (tertiary/aromatic N) is 1. The van der Waals surface area contributed by atoms with Crippen molar-refractivity contribution >= 4 is 16.9 Å². The zero-order chi connectivity index (χ0) is 13.2. The molecule has 1 fully saturated rings. The van der Waals surface area contributed by atoms with Gasteiger partial charge in [-0.3, -0.25) is 0 Å². The van der Waals surface area contributed by atoms with Crippen LogP contribution in [-0.2, 0) is 11.3 Å². The Balaban J connectivity index is 1.86. The highest BCUT2D eigenvalue weighted by molar-refractivity contribution is 5.93. The third kappa shape index (κ3) is 2.49. The number of aromatic nitrogens is 1. The Hall–Kier alpha value is -1.81. The molecule has 0 amide bonds. The Bertz CT molecular complexity index is 596. The molecule has 0 bridgehead atoms. The van der Waals surface area contributed by atoms with Gasteiger partial charge in [-0.15, -0.1) is 0 Å². The summed E-state index contributed by atoms with van der Waals surface area (Å²) in [6.07, 6.45) is 5.78. The topological polar surface area (TPSA) is 51.5 Å². The van der Waals surface area contributed by atoms with Gasteiger partial charge in [-0.2, -0.15) is 0 Å². The van der Waals surface area contributed by atoms with E-state index in [1.807, 2.05) is 18.3 Å². The molecule has 19 heavy (non-hydrogen) atoms. The van der Waals surface area contributed by atoms with E-state index >= 15 is 0 Å². The van der Waals surface area contributed by atoms with Gasteiger partial charge in [-0.1, -0.05) is 0 Å². The van der Waals surface area contributed by atoms with Crippen molar-refractivity contribution in [3.8, 4) is 0 Å². The van der Waals surface area contributed by atoms with Crippen LogP contribution in [0.15, 0.2) is 30.5 Å². The number of hydrogen-bond donors (Lipinski definition) is 1. The van der Waals surface area contributed by atoms with Crippen LogP contribution in [0.25, 0.3) is 10.9 Å². The summed E-state index contributed by atoms with van der Waals surface area (Å²) in [5.41, 5.74) is 1.40. The summed E-state index contributed by atoms with van der Waals surface area (Å²) >= 11 is 0. The van der Waals surface area contributed by atoms with Gasteiger partial charge in [0.05, 0.1) is 11.7 Å². The molecule has 2 aromatic rings. The van der Waals surface area contributed by atoms with Crippen molar-refractivity contribution in [2.24, 2.45) is 0 Å². The maximum absolute atomic E-state index is 10.9. The number of aromatic carboxylic acids is 1. The van der Waals surface area contributed by atoms with Crippen LogP contribution in [0.4, 0.5) is 0 Å². The molecule has 1 aliphatic heterocycles. The van der Waals surface area contributed by atoms with E-state index in [2.05, 4.69) is 4.57 Å². The molecule has 100 valence electrons. The van der Waals surface area contributed by atoms with E-state index in [1.165, 1.54) is 6.42 Å². The molecule has 2 heterocycles. The van der Waals surface area contributed by atoms with Crippen LogP contribution in [-0.4, -0.2) is 28.4 Å². The third-order valence-corrected chi connectivity index (χ3v) is 3.69. The molecule has 4 heteroatoms. The smallest absolute Gasteiger partial charge is 0.335 e. The highest BCUT2D eigenvalue weighted by Gasteiger charge is 2.15. The first-order valence-electron chi connectivity index (χ1n) is 6.68. The zero-order valence-electron chi connectivity index (χ0n) is 10.7. The van der Waals surface area contributed by atoms with Crippen LogP contribution < -0.4 is 0 Å². The number of ether oxygens (including phenoxy) is 1. The first-order valence-corrected chi connectivity index (χ1v) is 6.68. The van der Waals surface area contributed by atoms with Crippen molar-refractivity contribution in [3.05, 3.63) is 36.0 Å².